The van der Waals surface area contributed by atoms with Crippen LogP contribution in [0, 0.1) is 12.3 Å². The normalized spacial score (nSPS) is 12.3. The number of anilines is 1. The maximum absolute atomic E-state index is 5.26. The van der Waals surface area contributed by atoms with Crippen molar-refractivity contribution in [2.75, 3.05) is 5.32 Å². The highest BCUT2D eigenvalue weighted by molar-refractivity contribution is 5.88. The summed E-state index contributed by atoms with van der Waals surface area (Å²) in [6, 6.07) is 7.60. The monoisotopic (exact) mass is 186 g/mol. The Bertz CT molecular complexity index is 481. The molecule has 2 rings (SSSR count). The Labute approximate surface area is 82.1 Å². The molecular weight excluding hydrogens is 176 g/mol. The van der Waals surface area contributed by atoms with Crippen molar-refractivity contribution in [2.24, 2.45) is 0 Å². The summed E-state index contributed by atoms with van der Waals surface area (Å²) in [5.41, 5.74) is 0.763. The molecule has 14 heavy (non-hydrogen) atoms. The summed E-state index contributed by atoms with van der Waals surface area (Å²) in [4.78, 5) is 0. The Balaban J connectivity index is 2.39. The van der Waals surface area contributed by atoms with Gasteiger partial charge in [0.15, 0.2) is 11.4 Å². The number of nitrogens with zero attached hydrogens (tertiary/aromatic N) is 1. The maximum Gasteiger partial charge on any atom is 0.178 e. The van der Waals surface area contributed by atoms with Gasteiger partial charge in [0.2, 0.25) is 0 Å². The van der Waals surface area contributed by atoms with E-state index in [1.165, 1.54) is 0 Å². The third-order valence-electron chi connectivity index (χ3n) is 1.98. The van der Waals surface area contributed by atoms with Gasteiger partial charge in [0.25, 0.3) is 0 Å². The summed E-state index contributed by atoms with van der Waals surface area (Å²) < 4.78 is 5.11. The van der Waals surface area contributed by atoms with Crippen LogP contribution in [0.15, 0.2) is 28.8 Å². The van der Waals surface area contributed by atoms with Crippen molar-refractivity contribution in [3.8, 4) is 12.3 Å². The van der Waals surface area contributed by atoms with Gasteiger partial charge in [0.1, 0.15) is 0 Å². The van der Waals surface area contributed by atoms with Crippen molar-refractivity contribution in [1.29, 1.82) is 0 Å². The van der Waals surface area contributed by atoms with E-state index in [0.717, 1.165) is 11.0 Å². The zero-order valence-corrected chi connectivity index (χ0v) is 7.82. The van der Waals surface area contributed by atoms with Gasteiger partial charge in [0.05, 0.1) is 11.4 Å². The Morgan fingerprint density at radius 3 is 3.07 bits per heavy atom. The highest BCUT2D eigenvalue weighted by Gasteiger charge is 2.07. The molecule has 2 aromatic rings. The average molecular weight is 186 g/mol. The smallest absolute Gasteiger partial charge is 0.178 e. The second kappa shape index (κ2) is 3.43. The molecule has 0 bridgehead atoms. The molecule has 0 spiro atoms. The van der Waals surface area contributed by atoms with E-state index in [4.69, 9.17) is 10.9 Å². The van der Waals surface area contributed by atoms with E-state index in [-0.39, 0.29) is 6.04 Å². The van der Waals surface area contributed by atoms with Crippen LogP contribution in [-0.2, 0) is 0 Å². The molecule has 0 amide bonds. The van der Waals surface area contributed by atoms with Crippen LogP contribution >= 0.6 is 0 Å². The minimum absolute atomic E-state index is 0.0523. The van der Waals surface area contributed by atoms with Gasteiger partial charge in [-0.05, 0) is 19.1 Å². The highest BCUT2D eigenvalue weighted by Crippen LogP contribution is 2.22. The van der Waals surface area contributed by atoms with Gasteiger partial charge in [-0.3, -0.25) is 0 Å². The first kappa shape index (κ1) is 8.64. The Morgan fingerprint density at radius 2 is 2.29 bits per heavy atom. The van der Waals surface area contributed by atoms with E-state index < -0.39 is 0 Å². The van der Waals surface area contributed by atoms with Crippen molar-refractivity contribution < 1.29 is 4.52 Å². The molecule has 1 heterocycles. The number of rotatable bonds is 2. The summed E-state index contributed by atoms with van der Waals surface area (Å²) in [5, 5.41) is 7.93. The number of terminal acetylenes is 1. The highest BCUT2D eigenvalue weighted by atomic mass is 16.5. The van der Waals surface area contributed by atoms with Gasteiger partial charge >= 0.3 is 0 Å². The second-order valence-corrected chi connectivity index (χ2v) is 3.06. The first-order valence-corrected chi connectivity index (χ1v) is 4.38. The maximum atomic E-state index is 5.26. The van der Waals surface area contributed by atoms with E-state index in [0.29, 0.717) is 5.82 Å². The summed E-state index contributed by atoms with van der Waals surface area (Å²) in [6.45, 7) is 1.89. The molecule has 0 aliphatic rings. The van der Waals surface area contributed by atoms with Crippen LogP contribution in [-0.4, -0.2) is 11.2 Å². The average Bonchev–Trinajstić information content (AvgIpc) is 2.62. The number of para-hydroxylation sites is 1. The number of fused-ring (bicyclic) bond motifs is 1. The van der Waals surface area contributed by atoms with Gasteiger partial charge in [-0.1, -0.05) is 23.2 Å². The van der Waals surface area contributed by atoms with Crippen molar-refractivity contribution in [1.82, 2.24) is 5.16 Å². The third kappa shape index (κ3) is 1.42. The fraction of sp³-hybridized carbons (Fsp3) is 0.182. The largest absolute Gasteiger partial charge is 0.354 e. The van der Waals surface area contributed by atoms with Gasteiger partial charge in [-0.25, -0.2) is 0 Å². The molecular formula is C11H10N2O. The van der Waals surface area contributed by atoms with Gasteiger partial charge < -0.3 is 9.84 Å². The van der Waals surface area contributed by atoms with Crippen LogP contribution < -0.4 is 5.32 Å². The number of hydrogen-bond acceptors (Lipinski definition) is 3. The Morgan fingerprint density at radius 1 is 1.50 bits per heavy atom. The predicted octanol–water partition coefficient (Wildman–Crippen LogP) is 2.26. The van der Waals surface area contributed by atoms with E-state index in [1.54, 1.807) is 0 Å². The number of hydrogen-bond donors (Lipinski definition) is 1. The molecule has 1 aromatic carbocycles. The van der Waals surface area contributed by atoms with Crippen molar-refractivity contribution in [2.45, 2.75) is 13.0 Å². The second-order valence-electron chi connectivity index (χ2n) is 3.06. The van der Waals surface area contributed by atoms with Crippen LogP contribution in [0.25, 0.3) is 11.0 Å². The van der Waals surface area contributed by atoms with E-state index in [2.05, 4.69) is 16.4 Å². The molecule has 0 saturated heterocycles. The summed E-state index contributed by atoms with van der Waals surface area (Å²) in [5.74, 6) is 3.28. The third-order valence-corrected chi connectivity index (χ3v) is 1.98. The molecule has 70 valence electrons. The number of aromatic nitrogens is 1. The lowest BCUT2D eigenvalue weighted by Crippen LogP contribution is -2.12. The van der Waals surface area contributed by atoms with E-state index in [1.807, 2.05) is 31.2 Å². The van der Waals surface area contributed by atoms with Crippen LogP contribution in [0.1, 0.15) is 6.92 Å². The molecule has 0 fully saturated rings. The zero-order chi connectivity index (χ0) is 9.97. The molecule has 3 nitrogen and oxygen atoms in total. The predicted molar refractivity (Wildman–Crippen MR) is 55.9 cm³/mol. The van der Waals surface area contributed by atoms with E-state index in [9.17, 15) is 0 Å². The van der Waals surface area contributed by atoms with Crippen molar-refractivity contribution in [3.05, 3.63) is 24.3 Å². The SMILES string of the molecule is C#CC(C)Nc1noc2ccccc12. The summed E-state index contributed by atoms with van der Waals surface area (Å²) >= 11 is 0. The molecule has 0 radical (unpaired) electrons. The summed E-state index contributed by atoms with van der Waals surface area (Å²) in [7, 11) is 0. The first-order chi connectivity index (χ1) is 6.81. The first-order valence-electron chi connectivity index (χ1n) is 4.38. The van der Waals surface area contributed by atoms with Crippen LogP contribution in [0.2, 0.25) is 0 Å². The van der Waals surface area contributed by atoms with Crippen molar-refractivity contribution >= 4 is 16.8 Å². The molecule has 3 heteroatoms. The fourth-order valence-corrected chi connectivity index (χ4v) is 1.24. The zero-order valence-electron chi connectivity index (χ0n) is 7.82. The fourth-order valence-electron chi connectivity index (χ4n) is 1.24. The molecule has 1 unspecified atom stereocenters. The lowest BCUT2D eigenvalue weighted by atomic mass is 10.2. The van der Waals surface area contributed by atoms with Gasteiger partial charge in [-0.15, -0.1) is 6.42 Å². The quantitative estimate of drug-likeness (QED) is 0.731. The Kier molecular flexibility index (Phi) is 2.11. The number of benzene rings is 1. The minimum Gasteiger partial charge on any atom is -0.354 e. The standard InChI is InChI=1S/C11H10N2O/c1-3-8(2)12-11-9-6-4-5-7-10(9)14-13-11/h1,4-8H,2H3,(H,12,13). The van der Waals surface area contributed by atoms with Crippen LogP contribution in [0.4, 0.5) is 5.82 Å². The lowest BCUT2D eigenvalue weighted by molar-refractivity contribution is 0.459. The molecule has 1 atom stereocenters. The topological polar surface area (TPSA) is 38.1 Å². The molecule has 0 saturated carbocycles. The Hall–Kier alpha value is -1.95. The number of nitrogens with one attached hydrogen (secondary N) is 1. The van der Waals surface area contributed by atoms with Crippen LogP contribution in [0.3, 0.4) is 0 Å². The summed E-state index contributed by atoms with van der Waals surface area (Å²) in [6.07, 6.45) is 5.26. The molecule has 1 aromatic heterocycles. The molecule has 0 aliphatic heterocycles. The van der Waals surface area contributed by atoms with Crippen LogP contribution in [0.5, 0.6) is 0 Å². The minimum atomic E-state index is -0.0523. The van der Waals surface area contributed by atoms with Gasteiger partial charge in [0, 0.05) is 0 Å². The van der Waals surface area contributed by atoms with Crippen molar-refractivity contribution in [3.63, 3.8) is 0 Å². The molecule has 1 N–H and O–H groups in total. The molecule has 0 aliphatic carbocycles. The van der Waals surface area contributed by atoms with Gasteiger partial charge in [-0.2, -0.15) is 0 Å². The van der Waals surface area contributed by atoms with E-state index >= 15 is 0 Å². The lowest BCUT2D eigenvalue weighted by Gasteiger charge is -2.04.